The fourth-order valence-corrected chi connectivity index (χ4v) is 2.93. The van der Waals surface area contributed by atoms with Gasteiger partial charge in [-0.05, 0) is 27.8 Å². The van der Waals surface area contributed by atoms with Crippen LogP contribution in [0.1, 0.15) is 16.1 Å². The molecule has 0 radical (unpaired) electrons. The number of aromatic nitrogens is 2. The van der Waals surface area contributed by atoms with Crippen molar-refractivity contribution >= 4 is 28.8 Å². The second kappa shape index (κ2) is 7.75. The number of nitro groups is 1. The van der Waals surface area contributed by atoms with E-state index in [-0.39, 0.29) is 11.1 Å². The number of thiophene rings is 1. The lowest BCUT2D eigenvalue weighted by molar-refractivity contribution is -0.390. The van der Waals surface area contributed by atoms with Crippen LogP contribution in [0.2, 0.25) is 0 Å². The molecule has 0 amide bonds. The number of alkyl halides is 3. The average molecular weight is 425 g/mol. The lowest BCUT2D eigenvalue weighted by Gasteiger charge is -2.08. The van der Waals surface area contributed by atoms with Crippen molar-refractivity contribution in [3.8, 4) is 11.1 Å². The highest BCUT2D eigenvalue weighted by atomic mass is 32.1. The van der Waals surface area contributed by atoms with Gasteiger partial charge in [-0.2, -0.15) is 33.9 Å². The Bertz CT molecular complexity index is 1130. The smallest absolute Gasteiger partial charge is 0.422 e. The molecule has 0 unspecified atom stereocenters. The van der Waals surface area contributed by atoms with Gasteiger partial charge >= 0.3 is 18.0 Å². The van der Waals surface area contributed by atoms with E-state index >= 15 is 0 Å². The summed E-state index contributed by atoms with van der Waals surface area (Å²) in [6, 6.07) is 6.13. The Kier molecular flexibility index (Phi) is 5.37. The maximum atomic E-state index is 13.3. The van der Waals surface area contributed by atoms with E-state index < -0.39 is 39.8 Å². The molecule has 0 aliphatic rings. The van der Waals surface area contributed by atoms with Crippen LogP contribution in [0.25, 0.3) is 16.8 Å². The summed E-state index contributed by atoms with van der Waals surface area (Å²) in [4.78, 5) is 24.4. The van der Waals surface area contributed by atoms with Gasteiger partial charge in [-0.3, -0.25) is 0 Å². The first-order chi connectivity index (χ1) is 13.7. The predicted octanol–water partition coefficient (Wildman–Crippen LogP) is 4.97. The first-order valence-corrected chi connectivity index (χ1v) is 8.65. The fourth-order valence-electron chi connectivity index (χ4n) is 2.47. The Hall–Kier alpha value is -3.67. The molecule has 4 rings (SSSR count). The van der Waals surface area contributed by atoms with Crippen molar-refractivity contribution in [1.29, 1.82) is 0 Å². The van der Waals surface area contributed by atoms with E-state index in [1.165, 1.54) is 12.3 Å². The number of carboxylic acids is 1. The normalized spacial score (nSPS) is 11.1. The molecule has 0 saturated carbocycles. The number of hydrogen-bond acceptors (Lipinski definition) is 6. The molecule has 0 bridgehead atoms. The Labute approximate surface area is 163 Å². The van der Waals surface area contributed by atoms with Crippen molar-refractivity contribution < 1.29 is 32.4 Å². The van der Waals surface area contributed by atoms with E-state index in [4.69, 9.17) is 9.52 Å². The Morgan fingerprint density at radius 1 is 1.28 bits per heavy atom. The average Bonchev–Trinajstić information content (AvgIpc) is 3.41. The number of aromatic carboxylic acids is 1. The summed E-state index contributed by atoms with van der Waals surface area (Å²) in [5.74, 6) is -2.86. The van der Waals surface area contributed by atoms with E-state index in [0.717, 1.165) is 18.5 Å². The molecule has 0 aliphatic heterocycles. The summed E-state index contributed by atoms with van der Waals surface area (Å²) in [7, 11) is 0. The number of rotatable bonds is 3. The zero-order valence-electron chi connectivity index (χ0n) is 14.2. The number of furan rings is 1. The summed E-state index contributed by atoms with van der Waals surface area (Å²) < 4.78 is 45.2. The van der Waals surface area contributed by atoms with Crippen LogP contribution in [0.15, 0.2) is 58.2 Å². The monoisotopic (exact) mass is 425 g/mol. The van der Waals surface area contributed by atoms with E-state index in [9.17, 15) is 28.1 Å². The summed E-state index contributed by atoms with van der Waals surface area (Å²) in [6.07, 6.45) is -1.51. The zero-order chi connectivity index (χ0) is 21.2. The number of hydrogen-bond donors (Lipinski definition) is 1. The van der Waals surface area contributed by atoms with Crippen LogP contribution >= 0.6 is 11.3 Å². The van der Waals surface area contributed by atoms with Crippen molar-refractivity contribution in [2.75, 3.05) is 0 Å². The van der Waals surface area contributed by atoms with Crippen LogP contribution in [0.5, 0.6) is 0 Å². The SMILES string of the molecule is O=C(O)c1nc2c(C(F)(F)F)cc(-c3ccoc3)cn2c1[N+](=O)[O-].c1ccsc1. The van der Waals surface area contributed by atoms with Crippen LogP contribution in [-0.4, -0.2) is 25.4 Å². The minimum Gasteiger partial charge on any atom is -0.476 e. The quantitative estimate of drug-likeness (QED) is 0.367. The zero-order valence-corrected chi connectivity index (χ0v) is 15.0. The van der Waals surface area contributed by atoms with Crippen molar-refractivity contribution in [3.05, 3.63) is 75.1 Å². The van der Waals surface area contributed by atoms with Gasteiger partial charge in [0.2, 0.25) is 11.3 Å². The third-order valence-corrected chi connectivity index (χ3v) is 4.28. The highest BCUT2D eigenvalue weighted by Crippen LogP contribution is 2.37. The molecule has 150 valence electrons. The number of halogens is 3. The van der Waals surface area contributed by atoms with Gasteiger partial charge in [-0.25, -0.2) is 4.79 Å². The number of pyridine rings is 1. The van der Waals surface area contributed by atoms with E-state index in [2.05, 4.69) is 4.98 Å². The molecule has 0 atom stereocenters. The first-order valence-electron chi connectivity index (χ1n) is 7.71. The van der Waals surface area contributed by atoms with Crippen molar-refractivity contribution in [3.63, 3.8) is 0 Å². The van der Waals surface area contributed by atoms with Crippen LogP contribution in [0, 0.1) is 10.1 Å². The van der Waals surface area contributed by atoms with Gasteiger partial charge in [0.15, 0.2) is 0 Å². The number of nitrogens with zero attached hydrogens (tertiary/aromatic N) is 3. The van der Waals surface area contributed by atoms with Crippen molar-refractivity contribution in [2.45, 2.75) is 6.18 Å². The van der Waals surface area contributed by atoms with E-state index in [0.29, 0.717) is 4.40 Å². The Morgan fingerprint density at radius 3 is 2.41 bits per heavy atom. The molecule has 1 N–H and O–H groups in total. The number of carbonyl (C=O) groups is 1. The second-order valence-corrected chi connectivity index (χ2v) is 6.30. The molecule has 4 aromatic rings. The van der Waals surface area contributed by atoms with Crippen LogP contribution in [-0.2, 0) is 6.18 Å². The molecule has 0 fully saturated rings. The molecule has 12 heteroatoms. The van der Waals surface area contributed by atoms with Crippen LogP contribution < -0.4 is 0 Å². The van der Waals surface area contributed by atoms with Gasteiger partial charge < -0.3 is 19.6 Å². The third-order valence-electron chi connectivity index (χ3n) is 3.66. The summed E-state index contributed by atoms with van der Waals surface area (Å²) in [5, 5.41) is 24.2. The number of fused-ring (bicyclic) bond motifs is 1. The topological polar surface area (TPSA) is 111 Å². The third kappa shape index (κ3) is 4.11. The molecule has 8 nitrogen and oxygen atoms in total. The van der Waals surface area contributed by atoms with Gasteiger partial charge in [-0.1, -0.05) is 12.1 Å². The maximum absolute atomic E-state index is 13.3. The molecule has 4 heterocycles. The number of carboxylic acid groups (broad SMARTS) is 1. The Morgan fingerprint density at radius 2 is 1.97 bits per heavy atom. The maximum Gasteiger partial charge on any atom is 0.422 e. The second-order valence-electron chi connectivity index (χ2n) is 5.49. The minimum atomic E-state index is -4.89. The molecule has 4 aromatic heterocycles. The molecular formula is C17H10F3N3O5S. The Balaban J connectivity index is 0.000000419. The molecule has 0 aliphatic carbocycles. The predicted molar refractivity (Wildman–Crippen MR) is 95.8 cm³/mol. The lowest BCUT2D eigenvalue weighted by Crippen LogP contribution is -2.09. The van der Waals surface area contributed by atoms with E-state index in [1.54, 1.807) is 11.3 Å². The number of imidazole rings is 1. The van der Waals surface area contributed by atoms with Crippen molar-refractivity contribution in [1.82, 2.24) is 9.38 Å². The van der Waals surface area contributed by atoms with E-state index in [1.807, 2.05) is 22.9 Å². The van der Waals surface area contributed by atoms with Gasteiger partial charge in [0.1, 0.15) is 11.8 Å². The summed E-state index contributed by atoms with van der Waals surface area (Å²) in [6.45, 7) is 0. The standard InChI is InChI=1S/C13H6F3N3O5.C4H4S/c14-13(15,16)8-3-7(6-1-2-24-5-6)4-18-10(8)17-9(12(20)21)11(18)19(22)23;1-2-4-5-3-1/h1-5H,(H,20,21);1-4H. The summed E-state index contributed by atoms with van der Waals surface area (Å²) in [5.41, 5.74) is -3.03. The lowest BCUT2D eigenvalue weighted by atomic mass is 10.1. The first kappa shape index (κ1) is 20.1. The fraction of sp³-hybridized carbons (Fsp3) is 0.0588. The molecule has 29 heavy (non-hydrogen) atoms. The van der Waals surface area contributed by atoms with Gasteiger partial charge in [0, 0.05) is 11.1 Å². The molecule has 0 spiro atoms. The summed E-state index contributed by atoms with van der Waals surface area (Å²) >= 11 is 1.71. The highest BCUT2D eigenvalue weighted by Gasteiger charge is 2.39. The molecular weight excluding hydrogens is 415 g/mol. The van der Waals surface area contributed by atoms with Gasteiger partial charge in [-0.15, -0.1) is 0 Å². The van der Waals surface area contributed by atoms with Crippen LogP contribution in [0.4, 0.5) is 19.0 Å². The highest BCUT2D eigenvalue weighted by molar-refractivity contribution is 7.07. The molecule has 0 aromatic carbocycles. The largest absolute Gasteiger partial charge is 0.476 e. The van der Waals surface area contributed by atoms with Crippen LogP contribution in [0.3, 0.4) is 0 Å². The van der Waals surface area contributed by atoms with Crippen molar-refractivity contribution in [2.24, 2.45) is 0 Å². The van der Waals surface area contributed by atoms with Gasteiger partial charge in [0.25, 0.3) is 0 Å². The molecule has 0 saturated heterocycles. The minimum absolute atomic E-state index is 0.0407. The van der Waals surface area contributed by atoms with Gasteiger partial charge in [0.05, 0.1) is 12.5 Å².